The van der Waals surface area contributed by atoms with Gasteiger partial charge in [0, 0.05) is 16.8 Å². The van der Waals surface area contributed by atoms with Crippen molar-refractivity contribution in [2.24, 2.45) is 0 Å². The Morgan fingerprint density at radius 3 is 1.87 bits per heavy atom. The summed E-state index contributed by atoms with van der Waals surface area (Å²) in [5.41, 5.74) is 3.89. The van der Waals surface area contributed by atoms with E-state index in [2.05, 4.69) is 5.32 Å². The SMILES string of the molecule is Cc1cccc(C)c1NC(=O)[C@@H](C)OC(=O)c1ccc(C(=O)c2ccccc2)cc1. The summed E-state index contributed by atoms with van der Waals surface area (Å²) in [6, 6.07) is 20.8. The van der Waals surface area contributed by atoms with E-state index in [4.69, 9.17) is 4.74 Å². The third-order valence-electron chi connectivity index (χ3n) is 4.80. The van der Waals surface area contributed by atoms with Gasteiger partial charge in [-0.25, -0.2) is 4.79 Å². The normalized spacial score (nSPS) is 11.4. The third kappa shape index (κ3) is 4.81. The van der Waals surface area contributed by atoms with Gasteiger partial charge in [0.25, 0.3) is 5.91 Å². The maximum atomic E-state index is 12.5. The number of hydrogen-bond donors (Lipinski definition) is 1. The van der Waals surface area contributed by atoms with Gasteiger partial charge in [-0.2, -0.15) is 0 Å². The van der Waals surface area contributed by atoms with Gasteiger partial charge < -0.3 is 10.1 Å². The van der Waals surface area contributed by atoms with E-state index in [1.165, 1.54) is 19.1 Å². The minimum atomic E-state index is -0.970. The van der Waals surface area contributed by atoms with E-state index >= 15 is 0 Å². The van der Waals surface area contributed by atoms with Gasteiger partial charge in [-0.15, -0.1) is 0 Å². The van der Waals surface area contributed by atoms with Crippen molar-refractivity contribution in [3.8, 4) is 0 Å². The van der Waals surface area contributed by atoms with E-state index in [0.717, 1.165) is 11.1 Å². The zero-order valence-electron chi connectivity index (χ0n) is 17.1. The van der Waals surface area contributed by atoms with Crippen molar-refractivity contribution in [1.82, 2.24) is 0 Å². The maximum Gasteiger partial charge on any atom is 0.338 e. The molecule has 5 nitrogen and oxygen atoms in total. The van der Waals surface area contributed by atoms with Crippen LogP contribution in [0.2, 0.25) is 0 Å². The lowest BCUT2D eigenvalue weighted by Crippen LogP contribution is -2.30. The number of para-hydroxylation sites is 1. The molecular formula is C25H23NO4. The summed E-state index contributed by atoms with van der Waals surface area (Å²) < 4.78 is 5.30. The number of aryl methyl sites for hydroxylation is 2. The summed E-state index contributed by atoms with van der Waals surface area (Å²) in [4.78, 5) is 37.3. The van der Waals surface area contributed by atoms with Gasteiger partial charge >= 0.3 is 5.97 Å². The second-order valence-electron chi connectivity index (χ2n) is 7.08. The lowest BCUT2D eigenvalue weighted by atomic mass is 10.0. The largest absolute Gasteiger partial charge is 0.449 e. The number of ether oxygens (including phenoxy) is 1. The Morgan fingerprint density at radius 1 is 0.733 bits per heavy atom. The smallest absolute Gasteiger partial charge is 0.338 e. The first-order valence-corrected chi connectivity index (χ1v) is 9.64. The first-order chi connectivity index (χ1) is 14.4. The topological polar surface area (TPSA) is 72.5 Å². The Kier molecular flexibility index (Phi) is 6.42. The predicted octanol–water partition coefficient (Wildman–Crippen LogP) is 4.72. The van der Waals surface area contributed by atoms with Crippen LogP contribution in [-0.4, -0.2) is 23.8 Å². The highest BCUT2D eigenvalue weighted by atomic mass is 16.5. The molecule has 0 aliphatic carbocycles. The van der Waals surface area contributed by atoms with Gasteiger partial charge in [0.1, 0.15) is 0 Å². The lowest BCUT2D eigenvalue weighted by Gasteiger charge is -2.16. The number of carbonyl (C=O) groups excluding carboxylic acids is 3. The predicted molar refractivity (Wildman–Crippen MR) is 116 cm³/mol. The first-order valence-electron chi connectivity index (χ1n) is 9.64. The molecular weight excluding hydrogens is 378 g/mol. The van der Waals surface area contributed by atoms with Gasteiger partial charge in [-0.1, -0.05) is 60.7 Å². The summed E-state index contributed by atoms with van der Waals surface area (Å²) >= 11 is 0. The Labute approximate surface area is 175 Å². The second-order valence-corrected chi connectivity index (χ2v) is 7.08. The van der Waals surface area contributed by atoms with Crippen LogP contribution in [-0.2, 0) is 9.53 Å². The Morgan fingerprint density at radius 2 is 1.27 bits per heavy atom. The zero-order chi connectivity index (χ0) is 21.7. The van der Waals surface area contributed by atoms with Crippen LogP contribution >= 0.6 is 0 Å². The molecule has 0 heterocycles. The van der Waals surface area contributed by atoms with Crippen LogP contribution in [0.4, 0.5) is 5.69 Å². The molecule has 1 N–H and O–H groups in total. The highest BCUT2D eigenvalue weighted by Crippen LogP contribution is 2.20. The van der Waals surface area contributed by atoms with E-state index < -0.39 is 18.0 Å². The number of hydrogen-bond acceptors (Lipinski definition) is 4. The molecule has 0 fully saturated rings. The highest BCUT2D eigenvalue weighted by molar-refractivity contribution is 6.09. The summed E-state index contributed by atoms with van der Waals surface area (Å²) in [5, 5.41) is 2.82. The first kappa shape index (κ1) is 21.0. The Balaban J connectivity index is 1.64. The molecule has 5 heteroatoms. The molecule has 3 aromatic carbocycles. The quantitative estimate of drug-likeness (QED) is 0.479. The van der Waals surface area contributed by atoms with E-state index in [0.29, 0.717) is 16.8 Å². The highest BCUT2D eigenvalue weighted by Gasteiger charge is 2.20. The molecule has 0 radical (unpaired) electrons. The summed E-state index contributed by atoms with van der Waals surface area (Å²) in [5.74, 6) is -1.16. The van der Waals surface area contributed by atoms with Gasteiger partial charge in [-0.3, -0.25) is 9.59 Å². The van der Waals surface area contributed by atoms with Crippen molar-refractivity contribution in [1.29, 1.82) is 0 Å². The summed E-state index contributed by atoms with van der Waals surface area (Å²) in [6.07, 6.45) is -0.970. The second kappa shape index (κ2) is 9.18. The van der Waals surface area contributed by atoms with Crippen LogP contribution in [0.5, 0.6) is 0 Å². The van der Waals surface area contributed by atoms with Crippen molar-refractivity contribution < 1.29 is 19.1 Å². The Bertz CT molecular complexity index is 1050. The van der Waals surface area contributed by atoms with Crippen LogP contribution in [0.1, 0.15) is 44.3 Å². The number of esters is 1. The van der Waals surface area contributed by atoms with Crippen molar-refractivity contribution in [2.75, 3.05) is 5.32 Å². The fourth-order valence-corrected chi connectivity index (χ4v) is 3.03. The van der Waals surface area contributed by atoms with Crippen molar-refractivity contribution >= 4 is 23.3 Å². The molecule has 0 unspecified atom stereocenters. The monoisotopic (exact) mass is 401 g/mol. The molecule has 0 aliphatic heterocycles. The molecule has 1 amide bonds. The summed E-state index contributed by atoms with van der Waals surface area (Å²) in [7, 11) is 0. The standard InChI is InChI=1S/C25H23NO4/c1-16-8-7-9-17(2)22(16)26-24(28)18(3)30-25(29)21-14-12-20(13-15-21)23(27)19-10-5-4-6-11-19/h4-15,18H,1-3H3,(H,26,28)/t18-/m1/s1. The van der Waals surface area contributed by atoms with Gasteiger partial charge in [0.05, 0.1) is 5.56 Å². The summed E-state index contributed by atoms with van der Waals surface area (Å²) in [6.45, 7) is 5.32. The number of nitrogens with one attached hydrogen (secondary N) is 1. The van der Waals surface area contributed by atoms with Crippen LogP contribution in [0.25, 0.3) is 0 Å². The average Bonchev–Trinajstić information content (AvgIpc) is 2.76. The third-order valence-corrected chi connectivity index (χ3v) is 4.80. The number of benzene rings is 3. The van der Waals surface area contributed by atoms with Crippen molar-refractivity contribution in [2.45, 2.75) is 26.9 Å². The number of rotatable bonds is 6. The number of amides is 1. The maximum absolute atomic E-state index is 12.5. The van der Waals surface area contributed by atoms with Crippen molar-refractivity contribution in [3.63, 3.8) is 0 Å². The van der Waals surface area contributed by atoms with Gasteiger partial charge in [0.2, 0.25) is 0 Å². The fourth-order valence-electron chi connectivity index (χ4n) is 3.03. The van der Waals surface area contributed by atoms with Crippen molar-refractivity contribution in [3.05, 3.63) is 101 Å². The molecule has 0 saturated heterocycles. The number of ketones is 1. The fraction of sp³-hybridized carbons (Fsp3) is 0.160. The van der Waals surface area contributed by atoms with Crippen LogP contribution in [0.15, 0.2) is 72.8 Å². The minimum Gasteiger partial charge on any atom is -0.449 e. The zero-order valence-corrected chi connectivity index (χ0v) is 17.1. The van der Waals surface area contributed by atoms with E-state index in [1.807, 2.05) is 38.1 Å². The molecule has 0 aliphatic rings. The molecule has 0 bridgehead atoms. The Hall–Kier alpha value is -3.73. The molecule has 0 spiro atoms. The lowest BCUT2D eigenvalue weighted by molar-refractivity contribution is -0.123. The molecule has 0 aromatic heterocycles. The molecule has 3 rings (SSSR count). The van der Waals surface area contributed by atoms with E-state index in [-0.39, 0.29) is 11.3 Å². The van der Waals surface area contributed by atoms with E-state index in [1.54, 1.807) is 36.4 Å². The van der Waals surface area contributed by atoms with Crippen LogP contribution in [0.3, 0.4) is 0 Å². The van der Waals surface area contributed by atoms with E-state index in [9.17, 15) is 14.4 Å². The van der Waals surface area contributed by atoms with Gasteiger partial charge in [-0.05, 0) is 44.0 Å². The molecule has 30 heavy (non-hydrogen) atoms. The number of carbonyl (C=O) groups is 3. The average molecular weight is 401 g/mol. The molecule has 3 aromatic rings. The van der Waals surface area contributed by atoms with Crippen LogP contribution in [0, 0.1) is 13.8 Å². The van der Waals surface area contributed by atoms with Gasteiger partial charge in [0.15, 0.2) is 11.9 Å². The minimum absolute atomic E-state index is 0.128. The molecule has 1 atom stereocenters. The molecule has 0 saturated carbocycles. The van der Waals surface area contributed by atoms with Crippen LogP contribution < -0.4 is 5.32 Å². The molecule has 152 valence electrons. The number of anilines is 1.